The molecule has 0 aliphatic carbocycles. The fraction of sp³-hybridized carbons (Fsp3) is 0.263. The van der Waals surface area contributed by atoms with Crippen molar-refractivity contribution in [1.82, 2.24) is 15.3 Å². The molecule has 0 radical (unpaired) electrons. The Balaban J connectivity index is 1.56. The van der Waals surface area contributed by atoms with Gasteiger partial charge in [0.2, 0.25) is 0 Å². The number of H-pyrrole nitrogens is 2. The van der Waals surface area contributed by atoms with Gasteiger partial charge in [-0.25, -0.2) is 4.79 Å². The molecule has 0 aliphatic heterocycles. The highest BCUT2D eigenvalue weighted by molar-refractivity contribution is 5.75. The zero-order valence-electron chi connectivity index (χ0n) is 14.2. The molecular formula is C19H21N3O4. The third kappa shape index (κ3) is 5.05. The van der Waals surface area contributed by atoms with E-state index in [0.717, 1.165) is 22.2 Å². The van der Waals surface area contributed by atoms with E-state index in [1.165, 1.54) is 0 Å². The Morgan fingerprint density at radius 1 is 1.08 bits per heavy atom. The van der Waals surface area contributed by atoms with Crippen molar-refractivity contribution in [2.45, 2.75) is 25.6 Å². The zero-order valence-corrected chi connectivity index (χ0v) is 14.2. The van der Waals surface area contributed by atoms with Gasteiger partial charge in [0.15, 0.2) is 0 Å². The molecule has 0 aliphatic rings. The highest BCUT2D eigenvalue weighted by Gasteiger charge is 2.13. The number of fused-ring (bicyclic) bond motifs is 1. The Hall–Kier alpha value is -2.90. The van der Waals surface area contributed by atoms with E-state index < -0.39 is 5.97 Å². The summed E-state index contributed by atoms with van der Waals surface area (Å²) in [5.74, 6) is -0.878. The summed E-state index contributed by atoms with van der Waals surface area (Å²) in [5, 5.41) is 12.3. The maximum Gasteiger partial charge on any atom is 0.323 e. The lowest BCUT2D eigenvalue weighted by molar-refractivity contribution is -0.138. The van der Waals surface area contributed by atoms with Crippen LogP contribution in [-0.4, -0.2) is 33.7 Å². The first-order valence-corrected chi connectivity index (χ1v) is 8.38. The molecule has 7 heteroatoms. The molecule has 26 heavy (non-hydrogen) atoms. The molecular weight excluding hydrogens is 334 g/mol. The van der Waals surface area contributed by atoms with Gasteiger partial charge in [-0.2, -0.15) is 0 Å². The van der Waals surface area contributed by atoms with Gasteiger partial charge >= 0.3 is 11.7 Å². The van der Waals surface area contributed by atoms with E-state index in [0.29, 0.717) is 19.8 Å². The number of ether oxygens (including phenoxy) is 1. The lowest BCUT2D eigenvalue weighted by atomic mass is 10.1. The second-order valence-electron chi connectivity index (χ2n) is 6.14. The van der Waals surface area contributed by atoms with Gasteiger partial charge in [-0.1, -0.05) is 36.4 Å². The van der Waals surface area contributed by atoms with Gasteiger partial charge in [0.05, 0.1) is 30.7 Å². The lowest BCUT2D eigenvalue weighted by Gasteiger charge is -2.17. The normalized spacial score (nSPS) is 12.3. The molecule has 1 aromatic heterocycles. The minimum absolute atomic E-state index is 0.0297. The number of hydrogen-bond donors (Lipinski definition) is 4. The number of benzene rings is 2. The van der Waals surface area contributed by atoms with Crippen LogP contribution in [-0.2, 0) is 22.7 Å². The summed E-state index contributed by atoms with van der Waals surface area (Å²) in [6.07, 6.45) is -0.0297. The number of aliphatic carboxylic acids is 1. The first-order chi connectivity index (χ1) is 12.6. The Kier molecular flexibility index (Phi) is 5.83. The van der Waals surface area contributed by atoms with Crippen LogP contribution in [0.25, 0.3) is 11.0 Å². The number of rotatable bonds is 9. The zero-order chi connectivity index (χ0) is 18.4. The molecule has 3 rings (SSSR count). The molecule has 7 nitrogen and oxygen atoms in total. The third-order valence-corrected chi connectivity index (χ3v) is 4.03. The average Bonchev–Trinajstić information content (AvgIpc) is 2.99. The molecule has 0 fully saturated rings. The second kappa shape index (κ2) is 8.46. The fourth-order valence-electron chi connectivity index (χ4n) is 2.75. The van der Waals surface area contributed by atoms with E-state index in [2.05, 4.69) is 15.3 Å². The molecule has 0 unspecified atom stereocenters. The first kappa shape index (κ1) is 17.9. The monoisotopic (exact) mass is 355 g/mol. The summed E-state index contributed by atoms with van der Waals surface area (Å²) in [7, 11) is 0. The number of carbonyl (C=O) groups is 1. The number of hydrogen-bond acceptors (Lipinski definition) is 4. The molecule has 136 valence electrons. The van der Waals surface area contributed by atoms with E-state index in [1.807, 2.05) is 48.5 Å². The van der Waals surface area contributed by atoms with Crippen molar-refractivity contribution in [2.24, 2.45) is 0 Å². The van der Waals surface area contributed by atoms with Crippen molar-refractivity contribution in [3.8, 4) is 0 Å². The van der Waals surface area contributed by atoms with Crippen LogP contribution in [0.5, 0.6) is 0 Å². The molecule has 2 aromatic carbocycles. The van der Waals surface area contributed by atoms with Crippen LogP contribution in [0.15, 0.2) is 53.3 Å². The SMILES string of the molecule is O=C(O)C[C@H](COCc1ccccc1)NCc1ccc2[nH]c(=O)[nH]c2c1. The van der Waals surface area contributed by atoms with E-state index in [1.54, 1.807) is 0 Å². The van der Waals surface area contributed by atoms with Gasteiger partial charge in [0, 0.05) is 12.6 Å². The summed E-state index contributed by atoms with van der Waals surface area (Å²) in [5.41, 5.74) is 3.22. The van der Waals surface area contributed by atoms with E-state index in [-0.39, 0.29) is 18.2 Å². The topological polar surface area (TPSA) is 107 Å². The van der Waals surface area contributed by atoms with Crippen molar-refractivity contribution < 1.29 is 14.6 Å². The van der Waals surface area contributed by atoms with Gasteiger partial charge in [-0.3, -0.25) is 4.79 Å². The molecule has 0 bridgehead atoms. The Morgan fingerprint density at radius 2 is 1.85 bits per heavy atom. The first-order valence-electron chi connectivity index (χ1n) is 8.38. The predicted molar refractivity (Wildman–Crippen MR) is 97.9 cm³/mol. The van der Waals surface area contributed by atoms with Crippen LogP contribution < -0.4 is 11.0 Å². The Labute approximate surface area is 150 Å². The van der Waals surface area contributed by atoms with Gasteiger partial charge < -0.3 is 25.1 Å². The predicted octanol–water partition coefficient (Wildman–Crippen LogP) is 2.01. The van der Waals surface area contributed by atoms with Crippen molar-refractivity contribution in [3.63, 3.8) is 0 Å². The van der Waals surface area contributed by atoms with E-state index >= 15 is 0 Å². The Morgan fingerprint density at radius 3 is 2.62 bits per heavy atom. The standard InChI is InChI=1S/C19H21N3O4/c23-18(24)9-15(12-26-11-13-4-2-1-3-5-13)20-10-14-6-7-16-17(8-14)22-19(25)21-16/h1-8,15,20H,9-12H2,(H,23,24)(H2,21,22,25)/t15-/m1/s1. The second-order valence-corrected chi connectivity index (χ2v) is 6.14. The maximum atomic E-state index is 11.3. The summed E-state index contributed by atoms with van der Waals surface area (Å²) >= 11 is 0. The Bertz CT molecular complexity index is 917. The minimum atomic E-state index is -0.878. The molecule has 0 saturated carbocycles. The molecule has 0 saturated heterocycles. The summed E-state index contributed by atoms with van der Waals surface area (Å²) < 4.78 is 5.67. The summed E-state index contributed by atoms with van der Waals surface area (Å²) in [6, 6.07) is 15.0. The van der Waals surface area contributed by atoms with Gasteiger partial charge in [-0.05, 0) is 23.3 Å². The van der Waals surface area contributed by atoms with E-state index in [4.69, 9.17) is 9.84 Å². The van der Waals surface area contributed by atoms with Gasteiger partial charge in [0.1, 0.15) is 0 Å². The molecule has 0 amide bonds. The number of aromatic nitrogens is 2. The molecule has 3 aromatic rings. The molecule has 1 heterocycles. The van der Waals surface area contributed by atoms with Crippen LogP contribution in [0.1, 0.15) is 17.5 Å². The number of imidazole rings is 1. The number of aromatic amines is 2. The summed E-state index contributed by atoms with van der Waals surface area (Å²) in [4.78, 5) is 27.8. The minimum Gasteiger partial charge on any atom is -0.481 e. The van der Waals surface area contributed by atoms with Crippen molar-refractivity contribution in [1.29, 1.82) is 0 Å². The largest absolute Gasteiger partial charge is 0.481 e. The van der Waals surface area contributed by atoms with Crippen molar-refractivity contribution in [3.05, 3.63) is 70.1 Å². The smallest absolute Gasteiger partial charge is 0.323 e. The van der Waals surface area contributed by atoms with Gasteiger partial charge in [-0.15, -0.1) is 0 Å². The summed E-state index contributed by atoms with van der Waals surface area (Å²) in [6.45, 7) is 1.22. The number of carboxylic acid groups (broad SMARTS) is 1. The van der Waals surface area contributed by atoms with E-state index in [9.17, 15) is 9.59 Å². The molecule has 0 spiro atoms. The fourth-order valence-corrected chi connectivity index (χ4v) is 2.75. The molecule has 1 atom stereocenters. The van der Waals surface area contributed by atoms with Gasteiger partial charge in [0.25, 0.3) is 0 Å². The van der Waals surface area contributed by atoms with Crippen LogP contribution in [0.4, 0.5) is 0 Å². The average molecular weight is 355 g/mol. The van der Waals surface area contributed by atoms with Crippen LogP contribution in [0, 0.1) is 0 Å². The van der Waals surface area contributed by atoms with Crippen molar-refractivity contribution in [2.75, 3.05) is 6.61 Å². The highest BCUT2D eigenvalue weighted by Crippen LogP contribution is 2.10. The highest BCUT2D eigenvalue weighted by atomic mass is 16.5. The third-order valence-electron chi connectivity index (χ3n) is 4.03. The quantitative estimate of drug-likeness (QED) is 0.470. The lowest BCUT2D eigenvalue weighted by Crippen LogP contribution is -2.35. The van der Waals surface area contributed by atoms with Crippen molar-refractivity contribution >= 4 is 17.0 Å². The number of nitrogens with one attached hydrogen (secondary N) is 3. The van der Waals surface area contributed by atoms with Crippen LogP contribution in [0.2, 0.25) is 0 Å². The maximum absolute atomic E-state index is 11.3. The van der Waals surface area contributed by atoms with Crippen LogP contribution >= 0.6 is 0 Å². The number of carboxylic acids is 1. The van der Waals surface area contributed by atoms with Crippen LogP contribution in [0.3, 0.4) is 0 Å². The molecule has 4 N–H and O–H groups in total.